The molecule has 1 saturated carbocycles. The van der Waals surface area contributed by atoms with Gasteiger partial charge in [0.05, 0.1) is 5.92 Å². The molecular formula is C17H22N2O5. The fraction of sp³-hybridized carbons (Fsp3) is 0.471. The fourth-order valence-corrected chi connectivity index (χ4v) is 2.90. The van der Waals surface area contributed by atoms with E-state index in [4.69, 9.17) is 9.94 Å². The summed E-state index contributed by atoms with van der Waals surface area (Å²) >= 11 is 0. The number of rotatable bonds is 5. The number of amides is 2. The quantitative estimate of drug-likeness (QED) is 0.330. The first kappa shape index (κ1) is 17.9. The lowest BCUT2D eigenvalue weighted by molar-refractivity contribution is -0.143. The summed E-state index contributed by atoms with van der Waals surface area (Å²) in [5, 5.41) is 11.4. The Hall–Kier alpha value is -2.41. The highest BCUT2D eigenvalue weighted by atomic mass is 16.6. The van der Waals surface area contributed by atoms with Gasteiger partial charge in [-0.3, -0.25) is 14.8 Å². The molecule has 1 atom stereocenters. The Labute approximate surface area is 140 Å². The molecule has 1 unspecified atom stereocenters. The van der Waals surface area contributed by atoms with E-state index in [-0.39, 0.29) is 12.3 Å². The number of hydrogen-bond donors (Lipinski definition) is 3. The summed E-state index contributed by atoms with van der Waals surface area (Å²) in [6.07, 6.45) is 2.45. The number of alkyl carbamates (subject to hydrolysis) is 1. The predicted octanol–water partition coefficient (Wildman–Crippen LogP) is 1.94. The number of benzene rings is 1. The van der Waals surface area contributed by atoms with Gasteiger partial charge in [0.25, 0.3) is 5.91 Å². The van der Waals surface area contributed by atoms with E-state index in [1.807, 2.05) is 6.07 Å². The molecule has 24 heavy (non-hydrogen) atoms. The van der Waals surface area contributed by atoms with Crippen molar-refractivity contribution in [1.82, 2.24) is 10.8 Å². The van der Waals surface area contributed by atoms with Crippen LogP contribution in [0.2, 0.25) is 0 Å². The lowest BCUT2D eigenvalue weighted by atomic mass is 9.92. The zero-order chi connectivity index (χ0) is 17.6. The van der Waals surface area contributed by atoms with E-state index in [2.05, 4.69) is 5.32 Å². The molecule has 0 spiro atoms. The Balaban J connectivity index is 2.03. The van der Waals surface area contributed by atoms with Crippen LogP contribution in [0.1, 0.15) is 38.2 Å². The van der Waals surface area contributed by atoms with Crippen LogP contribution in [0.25, 0.3) is 0 Å². The van der Waals surface area contributed by atoms with Gasteiger partial charge in [-0.15, -0.1) is 0 Å². The van der Waals surface area contributed by atoms with Crippen molar-refractivity contribution in [3.63, 3.8) is 0 Å². The maximum atomic E-state index is 12.0. The Bertz CT molecular complexity index is 598. The Morgan fingerprint density at radius 1 is 1.21 bits per heavy atom. The van der Waals surface area contributed by atoms with Gasteiger partial charge < -0.3 is 10.1 Å². The largest absolute Gasteiger partial charge is 0.415 e. The van der Waals surface area contributed by atoms with Gasteiger partial charge in [-0.1, -0.05) is 43.2 Å². The van der Waals surface area contributed by atoms with Crippen molar-refractivity contribution >= 4 is 18.0 Å². The normalized spacial score (nSPS) is 16.9. The molecule has 1 aromatic rings. The third-order valence-corrected chi connectivity index (χ3v) is 4.26. The average molecular weight is 334 g/mol. The third-order valence-electron chi connectivity index (χ3n) is 4.26. The van der Waals surface area contributed by atoms with Gasteiger partial charge >= 0.3 is 12.1 Å². The molecule has 0 heterocycles. The van der Waals surface area contributed by atoms with Crippen molar-refractivity contribution in [1.29, 1.82) is 0 Å². The lowest BCUT2D eigenvalue weighted by Gasteiger charge is -2.28. The van der Waals surface area contributed by atoms with Crippen LogP contribution in [0.4, 0.5) is 4.79 Å². The third kappa shape index (κ3) is 4.55. The van der Waals surface area contributed by atoms with Gasteiger partial charge in [-0.2, -0.15) is 0 Å². The average Bonchev–Trinajstić information content (AvgIpc) is 3.09. The molecule has 1 aromatic carbocycles. The summed E-state index contributed by atoms with van der Waals surface area (Å²) in [5.74, 6) is -1.63. The SMILES string of the molecule is CC(Cc1ccccc1)(NC(=O)OC(=O)C1CCCC1)C(=O)NO. The summed E-state index contributed by atoms with van der Waals surface area (Å²) in [4.78, 5) is 35.9. The summed E-state index contributed by atoms with van der Waals surface area (Å²) in [6, 6.07) is 9.01. The van der Waals surface area contributed by atoms with Crippen LogP contribution in [0, 0.1) is 5.92 Å². The van der Waals surface area contributed by atoms with Crippen molar-refractivity contribution in [2.24, 2.45) is 5.92 Å². The van der Waals surface area contributed by atoms with Crippen LogP contribution in [0.3, 0.4) is 0 Å². The highest BCUT2D eigenvalue weighted by molar-refractivity contribution is 5.92. The van der Waals surface area contributed by atoms with Crippen molar-refractivity contribution in [3.05, 3.63) is 35.9 Å². The van der Waals surface area contributed by atoms with Gasteiger partial charge in [0, 0.05) is 6.42 Å². The molecular weight excluding hydrogens is 312 g/mol. The molecule has 0 radical (unpaired) electrons. The first-order valence-electron chi connectivity index (χ1n) is 7.97. The van der Waals surface area contributed by atoms with Crippen LogP contribution in [0.15, 0.2) is 30.3 Å². The number of hydroxylamine groups is 1. The minimum Gasteiger partial charge on any atom is -0.376 e. The zero-order valence-electron chi connectivity index (χ0n) is 13.6. The molecule has 7 nitrogen and oxygen atoms in total. The lowest BCUT2D eigenvalue weighted by Crippen LogP contribution is -2.58. The minimum absolute atomic E-state index is 0.132. The summed E-state index contributed by atoms with van der Waals surface area (Å²) in [6.45, 7) is 1.45. The molecule has 1 fully saturated rings. The molecule has 3 N–H and O–H groups in total. The smallest absolute Gasteiger partial charge is 0.376 e. The minimum atomic E-state index is -1.46. The first-order chi connectivity index (χ1) is 11.4. The van der Waals surface area contributed by atoms with Gasteiger partial charge in [-0.25, -0.2) is 10.3 Å². The Kier molecular flexibility index (Phi) is 5.92. The Morgan fingerprint density at radius 2 is 1.83 bits per heavy atom. The van der Waals surface area contributed by atoms with Gasteiger partial charge in [0.2, 0.25) is 0 Å². The molecule has 0 aliphatic heterocycles. The van der Waals surface area contributed by atoms with E-state index in [9.17, 15) is 14.4 Å². The van der Waals surface area contributed by atoms with E-state index >= 15 is 0 Å². The molecule has 0 saturated heterocycles. The number of nitrogens with one attached hydrogen (secondary N) is 2. The maximum Gasteiger partial charge on any atom is 0.415 e. The van der Waals surface area contributed by atoms with Crippen LogP contribution in [-0.2, 0) is 20.7 Å². The number of carbonyl (C=O) groups is 3. The zero-order valence-corrected chi connectivity index (χ0v) is 13.6. The van der Waals surface area contributed by atoms with Crippen molar-refractivity contribution in [3.8, 4) is 0 Å². The highest BCUT2D eigenvalue weighted by Crippen LogP contribution is 2.25. The standard InChI is InChI=1S/C17H22N2O5/c1-17(15(21)19-23,11-12-7-3-2-4-8-12)18-16(22)24-14(20)13-9-5-6-10-13/h2-4,7-8,13,23H,5-6,9-11H2,1H3,(H,18,22)(H,19,21). The van der Waals surface area contributed by atoms with Crippen molar-refractivity contribution < 1.29 is 24.3 Å². The number of esters is 1. The van der Waals surface area contributed by atoms with Crippen molar-refractivity contribution in [2.75, 3.05) is 0 Å². The second-order valence-corrected chi connectivity index (χ2v) is 6.25. The topological polar surface area (TPSA) is 105 Å². The summed E-state index contributed by atoms with van der Waals surface area (Å²) in [7, 11) is 0. The molecule has 2 amide bonds. The summed E-state index contributed by atoms with van der Waals surface area (Å²) in [5.41, 5.74) is 0.874. The Morgan fingerprint density at radius 3 is 2.42 bits per heavy atom. The fourth-order valence-electron chi connectivity index (χ4n) is 2.90. The number of carbonyl (C=O) groups excluding carboxylic acids is 3. The summed E-state index contributed by atoms with van der Waals surface area (Å²) < 4.78 is 4.81. The maximum absolute atomic E-state index is 12.0. The van der Waals surface area contributed by atoms with Gasteiger partial charge in [0.15, 0.2) is 0 Å². The monoisotopic (exact) mass is 334 g/mol. The second-order valence-electron chi connectivity index (χ2n) is 6.25. The van der Waals surface area contributed by atoms with E-state index in [0.29, 0.717) is 12.8 Å². The van der Waals surface area contributed by atoms with E-state index in [0.717, 1.165) is 18.4 Å². The molecule has 7 heteroatoms. The molecule has 130 valence electrons. The molecule has 1 aliphatic carbocycles. The number of ether oxygens (including phenoxy) is 1. The van der Waals surface area contributed by atoms with Crippen LogP contribution in [0.5, 0.6) is 0 Å². The molecule has 2 rings (SSSR count). The number of hydrogen-bond acceptors (Lipinski definition) is 5. The van der Waals surface area contributed by atoms with Crippen LogP contribution < -0.4 is 10.8 Å². The molecule has 0 bridgehead atoms. The van der Waals surface area contributed by atoms with Crippen molar-refractivity contribution in [2.45, 2.75) is 44.6 Å². The van der Waals surface area contributed by atoms with E-state index < -0.39 is 23.5 Å². The second kappa shape index (κ2) is 7.92. The van der Waals surface area contributed by atoms with Gasteiger partial charge in [0.1, 0.15) is 5.54 Å². The highest BCUT2D eigenvalue weighted by Gasteiger charge is 2.37. The van der Waals surface area contributed by atoms with Gasteiger partial charge in [-0.05, 0) is 25.3 Å². The molecule has 0 aromatic heterocycles. The molecule has 1 aliphatic rings. The first-order valence-corrected chi connectivity index (χ1v) is 7.97. The van der Waals surface area contributed by atoms with E-state index in [1.165, 1.54) is 6.92 Å². The predicted molar refractivity (Wildman–Crippen MR) is 85.1 cm³/mol. The van der Waals surface area contributed by atoms with Crippen LogP contribution in [-0.4, -0.2) is 28.7 Å². The van der Waals surface area contributed by atoms with Crippen LogP contribution >= 0.6 is 0 Å². The van der Waals surface area contributed by atoms with E-state index in [1.54, 1.807) is 29.7 Å².